The fraction of sp³-hybridized carbons (Fsp3) is 1.00. The van der Waals surface area contributed by atoms with Crippen LogP contribution in [0.3, 0.4) is 0 Å². The van der Waals surface area contributed by atoms with Crippen LogP contribution in [0.2, 0.25) is 0 Å². The fourth-order valence-electron chi connectivity index (χ4n) is 1.34. The van der Waals surface area contributed by atoms with Crippen molar-refractivity contribution >= 4 is 0 Å². The molecule has 0 saturated carbocycles. The van der Waals surface area contributed by atoms with Gasteiger partial charge in [-0.3, -0.25) is 0 Å². The van der Waals surface area contributed by atoms with Gasteiger partial charge >= 0.3 is 0 Å². The third-order valence-electron chi connectivity index (χ3n) is 2.27. The number of rotatable bonds is 8. The molecule has 0 aliphatic heterocycles. The highest BCUT2D eigenvalue weighted by atomic mass is 19.3. The highest BCUT2D eigenvalue weighted by Gasteiger charge is 2.07. The van der Waals surface area contributed by atoms with Gasteiger partial charge in [0.25, 0.3) is 6.43 Å². The van der Waals surface area contributed by atoms with Crippen molar-refractivity contribution in [3.8, 4) is 0 Å². The minimum Gasteiger partial charge on any atom is -0.311 e. The van der Waals surface area contributed by atoms with E-state index in [-0.39, 0.29) is 6.54 Å². The molecule has 0 bridgehead atoms. The molecule has 1 atom stereocenters. The van der Waals surface area contributed by atoms with Crippen LogP contribution in [0, 0.1) is 5.92 Å². The standard InChI is InChI=1S/C10H21F2N/c1-3-5-6-9(4-2)7-13-8-10(11)12/h9-10,13H,3-8H2,1-2H3. The molecule has 0 radical (unpaired) electrons. The van der Waals surface area contributed by atoms with E-state index in [1.165, 1.54) is 12.8 Å². The molecule has 0 aromatic heterocycles. The Balaban J connectivity index is 3.36. The van der Waals surface area contributed by atoms with E-state index in [2.05, 4.69) is 19.2 Å². The lowest BCUT2D eigenvalue weighted by atomic mass is 9.99. The molecule has 0 aliphatic rings. The molecule has 13 heavy (non-hydrogen) atoms. The van der Waals surface area contributed by atoms with Gasteiger partial charge in [-0.2, -0.15) is 0 Å². The Labute approximate surface area is 79.9 Å². The molecular formula is C10H21F2N. The summed E-state index contributed by atoms with van der Waals surface area (Å²) in [4.78, 5) is 0. The van der Waals surface area contributed by atoms with Gasteiger partial charge < -0.3 is 5.32 Å². The van der Waals surface area contributed by atoms with Crippen molar-refractivity contribution in [2.45, 2.75) is 46.0 Å². The Morgan fingerprint density at radius 1 is 1.15 bits per heavy atom. The number of unbranched alkanes of at least 4 members (excludes halogenated alkanes) is 1. The van der Waals surface area contributed by atoms with E-state index in [1.54, 1.807) is 0 Å². The van der Waals surface area contributed by atoms with Crippen molar-refractivity contribution in [1.82, 2.24) is 5.32 Å². The number of alkyl halides is 2. The van der Waals surface area contributed by atoms with Gasteiger partial charge in [-0.1, -0.05) is 33.1 Å². The minimum absolute atomic E-state index is 0.164. The third kappa shape index (κ3) is 8.16. The van der Waals surface area contributed by atoms with Gasteiger partial charge in [-0.05, 0) is 18.9 Å². The molecule has 0 fully saturated rings. The first-order valence-corrected chi connectivity index (χ1v) is 5.19. The first-order valence-electron chi connectivity index (χ1n) is 5.19. The Morgan fingerprint density at radius 3 is 2.31 bits per heavy atom. The maximum atomic E-state index is 11.8. The predicted octanol–water partition coefficient (Wildman–Crippen LogP) is 3.06. The van der Waals surface area contributed by atoms with E-state index in [0.29, 0.717) is 5.92 Å². The Morgan fingerprint density at radius 2 is 1.85 bits per heavy atom. The van der Waals surface area contributed by atoms with E-state index < -0.39 is 6.43 Å². The summed E-state index contributed by atoms with van der Waals surface area (Å²) in [6, 6.07) is 0. The van der Waals surface area contributed by atoms with E-state index in [9.17, 15) is 8.78 Å². The number of halogens is 2. The summed E-state index contributed by atoms with van der Waals surface area (Å²) in [6.45, 7) is 4.84. The topological polar surface area (TPSA) is 12.0 Å². The van der Waals surface area contributed by atoms with Crippen LogP contribution in [0.4, 0.5) is 8.78 Å². The molecule has 0 rings (SSSR count). The largest absolute Gasteiger partial charge is 0.311 e. The first kappa shape index (κ1) is 12.8. The Kier molecular flexibility index (Phi) is 8.30. The molecule has 3 heteroatoms. The summed E-state index contributed by atoms with van der Waals surface area (Å²) >= 11 is 0. The second kappa shape index (κ2) is 8.42. The van der Waals surface area contributed by atoms with Gasteiger partial charge in [0.15, 0.2) is 0 Å². The number of hydrogen-bond acceptors (Lipinski definition) is 1. The van der Waals surface area contributed by atoms with Gasteiger partial charge in [-0.25, -0.2) is 8.78 Å². The first-order chi connectivity index (χ1) is 6.20. The molecule has 0 aliphatic carbocycles. The molecule has 0 aromatic carbocycles. The molecule has 1 unspecified atom stereocenters. The van der Waals surface area contributed by atoms with Crippen molar-refractivity contribution in [3.63, 3.8) is 0 Å². The average molecular weight is 193 g/mol. The van der Waals surface area contributed by atoms with Gasteiger partial charge in [-0.15, -0.1) is 0 Å². The smallest absolute Gasteiger partial charge is 0.250 e. The molecule has 0 saturated heterocycles. The van der Waals surface area contributed by atoms with Crippen LogP contribution in [0.25, 0.3) is 0 Å². The maximum Gasteiger partial charge on any atom is 0.250 e. The number of nitrogens with one attached hydrogen (secondary N) is 1. The van der Waals surface area contributed by atoms with Crippen LogP contribution < -0.4 is 5.32 Å². The molecule has 1 N–H and O–H groups in total. The summed E-state index contributed by atoms with van der Waals surface area (Å²) in [5, 5.41) is 2.79. The lowest BCUT2D eigenvalue weighted by molar-refractivity contribution is 0.143. The van der Waals surface area contributed by atoms with Crippen molar-refractivity contribution in [1.29, 1.82) is 0 Å². The zero-order valence-electron chi connectivity index (χ0n) is 8.65. The van der Waals surface area contributed by atoms with E-state index in [0.717, 1.165) is 19.4 Å². The van der Waals surface area contributed by atoms with Crippen LogP contribution in [0.15, 0.2) is 0 Å². The van der Waals surface area contributed by atoms with Crippen LogP contribution in [-0.4, -0.2) is 19.5 Å². The van der Waals surface area contributed by atoms with Crippen LogP contribution in [-0.2, 0) is 0 Å². The zero-order valence-corrected chi connectivity index (χ0v) is 8.65. The van der Waals surface area contributed by atoms with Gasteiger partial charge in [0.1, 0.15) is 0 Å². The summed E-state index contributed by atoms with van der Waals surface area (Å²) in [5.41, 5.74) is 0. The second-order valence-electron chi connectivity index (χ2n) is 3.47. The normalized spacial score (nSPS) is 13.6. The highest BCUT2D eigenvalue weighted by Crippen LogP contribution is 2.11. The van der Waals surface area contributed by atoms with Crippen LogP contribution in [0.1, 0.15) is 39.5 Å². The fourth-order valence-corrected chi connectivity index (χ4v) is 1.34. The molecule has 80 valence electrons. The minimum atomic E-state index is -2.22. The third-order valence-corrected chi connectivity index (χ3v) is 2.27. The van der Waals surface area contributed by atoms with E-state index >= 15 is 0 Å². The van der Waals surface area contributed by atoms with Crippen LogP contribution >= 0.6 is 0 Å². The van der Waals surface area contributed by atoms with Gasteiger partial charge in [0, 0.05) is 0 Å². The van der Waals surface area contributed by atoms with Crippen LogP contribution in [0.5, 0.6) is 0 Å². The number of hydrogen-bond donors (Lipinski definition) is 1. The molecule has 0 aromatic rings. The summed E-state index contributed by atoms with van der Waals surface area (Å²) in [6.07, 6.45) is 2.41. The Hall–Kier alpha value is -0.180. The summed E-state index contributed by atoms with van der Waals surface area (Å²) in [7, 11) is 0. The molecular weight excluding hydrogens is 172 g/mol. The highest BCUT2D eigenvalue weighted by molar-refractivity contribution is 4.61. The monoisotopic (exact) mass is 193 g/mol. The van der Waals surface area contributed by atoms with Crippen molar-refractivity contribution in [2.75, 3.05) is 13.1 Å². The zero-order chi connectivity index (χ0) is 10.1. The predicted molar refractivity (Wildman–Crippen MR) is 52.2 cm³/mol. The van der Waals surface area contributed by atoms with Gasteiger partial charge in [0.2, 0.25) is 0 Å². The SMILES string of the molecule is CCCCC(CC)CNCC(F)F. The second-order valence-corrected chi connectivity index (χ2v) is 3.47. The summed E-state index contributed by atoms with van der Waals surface area (Å²) in [5.74, 6) is 0.568. The summed E-state index contributed by atoms with van der Waals surface area (Å²) < 4.78 is 23.6. The molecule has 0 amide bonds. The molecule has 0 heterocycles. The van der Waals surface area contributed by atoms with Crippen molar-refractivity contribution < 1.29 is 8.78 Å². The Bertz CT molecular complexity index is 107. The quantitative estimate of drug-likeness (QED) is 0.624. The van der Waals surface area contributed by atoms with Crippen molar-refractivity contribution in [3.05, 3.63) is 0 Å². The lowest BCUT2D eigenvalue weighted by Gasteiger charge is -2.14. The average Bonchev–Trinajstić information content (AvgIpc) is 2.10. The maximum absolute atomic E-state index is 11.8. The van der Waals surface area contributed by atoms with E-state index in [4.69, 9.17) is 0 Å². The molecule has 0 spiro atoms. The van der Waals surface area contributed by atoms with Gasteiger partial charge in [0.05, 0.1) is 6.54 Å². The van der Waals surface area contributed by atoms with E-state index in [1.807, 2.05) is 0 Å². The lowest BCUT2D eigenvalue weighted by Crippen LogP contribution is -2.27. The van der Waals surface area contributed by atoms with Crippen molar-refractivity contribution in [2.24, 2.45) is 5.92 Å². The molecule has 1 nitrogen and oxygen atoms in total.